The average Bonchev–Trinajstić information content (AvgIpc) is 1.89. The van der Waals surface area contributed by atoms with Gasteiger partial charge in [0, 0.05) is 13.7 Å². The molecule has 0 rings (SSSR count). The minimum absolute atomic E-state index is 0.111. The van der Waals surface area contributed by atoms with Crippen LogP contribution in [-0.4, -0.2) is 33.2 Å². The van der Waals surface area contributed by atoms with E-state index in [1.165, 1.54) is 0 Å². The zero-order chi connectivity index (χ0) is 7.82. The fraction of sp³-hybridized carbons (Fsp3) is 1.00. The van der Waals surface area contributed by atoms with Crippen LogP contribution in [0.15, 0.2) is 0 Å². The molecular formula is C7H16O3. The lowest BCUT2D eigenvalue weighted by molar-refractivity contribution is -0.134. The van der Waals surface area contributed by atoms with E-state index in [9.17, 15) is 0 Å². The lowest BCUT2D eigenvalue weighted by Gasteiger charge is -2.11. The summed E-state index contributed by atoms with van der Waals surface area (Å²) >= 11 is 0. The van der Waals surface area contributed by atoms with Gasteiger partial charge in [0.05, 0.1) is 13.2 Å². The van der Waals surface area contributed by atoms with E-state index in [0.29, 0.717) is 19.8 Å². The zero-order valence-electron chi connectivity index (χ0n) is 6.92. The van der Waals surface area contributed by atoms with Gasteiger partial charge < -0.3 is 14.2 Å². The number of methoxy groups -OCH3 is 1. The predicted molar refractivity (Wildman–Crippen MR) is 38.9 cm³/mol. The zero-order valence-corrected chi connectivity index (χ0v) is 6.92. The SMILES string of the molecule is CCOC(C)OCCOC. The maximum atomic E-state index is 5.18. The highest BCUT2D eigenvalue weighted by atomic mass is 16.7. The summed E-state index contributed by atoms with van der Waals surface area (Å²) in [6.07, 6.45) is -0.111. The van der Waals surface area contributed by atoms with Crippen LogP contribution in [0.2, 0.25) is 0 Å². The number of ether oxygens (including phenoxy) is 3. The summed E-state index contributed by atoms with van der Waals surface area (Å²) in [4.78, 5) is 0. The Morgan fingerprint density at radius 3 is 2.40 bits per heavy atom. The van der Waals surface area contributed by atoms with Gasteiger partial charge in [0.1, 0.15) is 0 Å². The van der Waals surface area contributed by atoms with Crippen LogP contribution in [0.5, 0.6) is 0 Å². The molecule has 0 aliphatic heterocycles. The quantitative estimate of drug-likeness (QED) is 0.416. The van der Waals surface area contributed by atoms with Crippen molar-refractivity contribution in [2.24, 2.45) is 0 Å². The Kier molecular flexibility index (Phi) is 6.91. The van der Waals surface area contributed by atoms with Gasteiger partial charge in [-0.05, 0) is 13.8 Å². The summed E-state index contributed by atoms with van der Waals surface area (Å²) in [7, 11) is 1.65. The fourth-order valence-corrected chi connectivity index (χ4v) is 0.580. The summed E-state index contributed by atoms with van der Waals surface area (Å²) < 4.78 is 15.1. The first-order chi connectivity index (χ1) is 4.81. The summed E-state index contributed by atoms with van der Waals surface area (Å²) in [6.45, 7) is 5.72. The highest BCUT2D eigenvalue weighted by Crippen LogP contribution is 1.91. The molecule has 0 aromatic rings. The molecule has 0 fully saturated rings. The smallest absolute Gasteiger partial charge is 0.154 e. The predicted octanol–water partition coefficient (Wildman–Crippen LogP) is 1.03. The molecule has 0 saturated carbocycles. The molecule has 0 spiro atoms. The molecule has 0 bridgehead atoms. The van der Waals surface area contributed by atoms with Gasteiger partial charge in [0.25, 0.3) is 0 Å². The second kappa shape index (κ2) is 6.99. The van der Waals surface area contributed by atoms with Gasteiger partial charge in [0.2, 0.25) is 0 Å². The van der Waals surface area contributed by atoms with Crippen molar-refractivity contribution in [3.8, 4) is 0 Å². The Labute approximate surface area is 62.3 Å². The topological polar surface area (TPSA) is 27.7 Å². The lowest BCUT2D eigenvalue weighted by atomic mass is 10.7. The van der Waals surface area contributed by atoms with Gasteiger partial charge in [-0.25, -0.2) is 0 Å². The van der Waals surface area contributed by atoms with Crippen LogP contribution in [0.3, 0.4) is 0 Å². The Balaban J connectivity index is 2.97. The monoisotopic (exact) mass is 148 g/mol. The van der Waals surface area contributed by atoms with Crippen LogP contribution < -0.4 is 0 Å². The third-order valence-corrected chi connectivity index (χ3v) is 1.04. The highest BCUT2D eigenvalue weighted by molar-refractivity contribution is 4.31. The van der Waals surface area contributed by atoms with E-state index in [2.05, 4.69) is 0 Å². The van der Waals surface area contributed by atoms with Crippen molar-refractivity contribution in [2.75, 3.05) is 26.9 Å². The van der Waals surface area contributed by atoms with Gasteiger partial charge in [-0.3, -0.25) is 0 Å². The Morgan fingerprint density at radius 1 is 1.20 bits per heavy atom. The Morgan fingerprint density at radius 2 is 1.90 bits per heavy atom. The minimum atomic E-state index is -0.111. The van der Waals surface area contributed by atoms with Crippen LogP contribution in [0.25, 0.3) is 0 Å². The van der Waals surface area contributed by atoms with E-state index in [-0.39, 0.29) is 6.29 Å². The van der Waals surface area contributed by atoms with Crippen LogP contribution >= 0.6 is 0 Å². The highest BCUT2D eigenvalue weighted by Gasteiger charge is 1.97. The molecule has 0 heterocycles. The van der Waals surface area contributed by atoms with Gasteiger partial charge in [-0.1, -0.05) is 0 Å². The summed E-state index contributed by atoms with van der Waals surface area (Å²) in [6, 6.07) is 0. The number of hydrogen-bond acceptors (Lipinski definition) is 3. The van der Waals surface area contributed by atoms with Crippen molar-refractivity contribution in [1.29, 1.82) is 0 Å². The molecule has 1 atom stereocenters. The lowest BCUT2D eigenvalue weighted by Crippen LogP contribution is -2.15. The molecule has 62 valence electrons. The molecule has 0 amide bonds. The first-order valence-corrected chi connectivity index (χ1v) is 3.53. The Bertz CT molecular complexity index is 65.9. The third-order valence-electron chi connectivity index (χ3n) is 1.04. The maximum Gasteiger partial charge on any atom is 0.154 e. The molecule has 0 N–H and O–H groups in total. The normalized spacial score (nSPS) is 13.5. The molecule has 0 aromatic carbocycles. The molecule has 0 aliphatic rings. The van der Waals surface area contributed by atoms with Crippen LogP contribution in [0.4, 0.5) is 0 Å². The van der Waals surface area contributed by atoms with Crippen molar-refractivity contribution >= 4 is 0 Å². The largest absolute Gasteiger partial charge is 0.382 e. The standard InChI is InChI=1S/C7H16O3/c1-4-9-7(2)10-6-5-8-3/h7H,4-6H2,1-3H3. The van der Waals surface area contributed by atoms with E-state index in [4.69, 9.17) is 14.2 Å². The van der Waals surface area contributed by atoms with Crippen molar-refractivity contribution in [2.45, 2.75) is 20.1 Å². The number of rotatable bonds is 6. The van der Waals surface area contributed by atoms with E-state index < -0.39 is 0 Å². The minimum Gasteiger partial charge on any atom is -0.382 e. The molecular weight excluding hydrogens is 132 g/mol. The van der Waals surface area contributed by atoms with Crippen molar-refractivity contribution < 1.29 is 14.2 Å². The third kappa shape index (κ3) is 6.01. The maximum absolute atomic E-state index is 5.18. The molecule has 0 aromatic heterocycles. The summed E-state index contributed by atoms with van der Waals surface area (Å²) in [5, 5.41) is 0. The fourth-order valence-electron chi connectivity index (χ4n) is 0.580. The molecule has 0 radical (unpaired) electrons. The average molecular weight is 148 g/mol. The van der Waals surface area contributed by atoms with Crippen LogP contribution in [0.1, 0.15) is 13.8 Å². The molecule has 3 heteroatoms. The Hall–Kier alpha value is -0.120. The van der Waals surface area contributed by atoms with E-state index >= 15 is 0 Å². The molecule has 3 nitrogen and oxygen atoms in total. The summed E-state index contributed by atoms with van der Waals surface area (Å²) in [5.41, 5.74) is 0. The van der Waals surface area contributed by atoms with Crippen LogP contribution in [-0.2, 0) is 14.2 Å². The van der Waals surface area contributed by atoms with Gasteiger partial charge in [0.15, 0.2) is 6.29 Å². The molecule has 1 unspecified atom stereocenters. The van der Waals surface area contributed by atoms with Crippen molar-refractivity contribution in [3.63, 3.8) is 0 Å². The molecule has 10 heavy (non-hydrogen) atoms. The first-order valence-electron chi connectivity index (χ1n) is 3.53. The molecule has 0 aliphatic carbocycles. The van der Waals surface area contributed by atoms with E-state index in [1.54, 1.807) is 7.11 Å². The van der Waals surface area contributed by atoms with Crippen molar-refractivity contribution in [3.05, 3.63) is 0 Å². The van der Waals surface area contributed by atoms with Gasteiger partial charge in [-0.15, -0.1) is 0 Å². The van der Waals surface area contributed by atoms with E-state index in [0.717, 1.165) is 0 Å². The first kappa shape index (κ1) is 9.88. The van der Waals surface area contributed by atoms with E-state index in [1.807, 2.05) is 13.8 Å². The van der Waals surface area contributed by atoms with Crippen molar-refractivity contribution in [1.82, 2.24) is 0 Å². The summed E-state index contributed by atoms with van der Waals surface area (Å²) in [5.74, 6) is 0. The van der Waals surface area contributed by atoms with Crippen LogP contribution in [0, 0.1) is 0 Å². The second-order valence-corrected chi connectivity index (χ2v) is 1.89. The van der Waals surface area contributed by atoms with Gasteiger partial charge >= 0.3 is 0 Å². The van der Waals surface area contributed by atoms with Gasteiger partial charge in [-0.2, -0.15) is 0 Å². The number of hydrogen-bond donors (Lipinski definition) is 0. The second-order valence-electron chi connectivity index (χ2n) is 1.89. The molecule has 0 saturated heterocycles.